The standard InChI is InChI=1S/Ca.2H3O5P.Sr/c;2*1-5-6(2,3)4;/h;2*1H,(H2,2,3,4);/q+2;;;+2/p-4. The van der Waals surface area contributed by atoms with Gasteiger partial charge >= 0.3 is 83.2 Å². The van der Waals surface area contributed by atoms with Crippen molar-refractivity contribution in [1.29, 1.82) is 0 Å². The molecule has 0 unspecified atom stereocenters. The van der Waals surface area contributed by atoms with E-state index in [1.807, 2.05) is 0 Å². The number of hydrogen-bond donors (Lipinski definition) is 2. The first-order valence-corrected chi connectivity index (χ1v) is 4.75. The Labute approximate surface area is 145 Å². The van der Waals surface area contributed by atoms with Crippen molar-refractivity contribution in [2.24, 2.45) is 0 Å². The molecular formula is H2CaO10P2Sr. The first-order chi connectivity index (χ1) is 5.12. The van der Waals surface area contributed by atoms with Crippen LogP contribution < -0.4 is 19.6 Å². The van der Waals surface area contributed by atoms with Crippen LogP contribution >= 0.6 is 15.6 Å². The van der Waals surface area contributed by atoms with Gasteiger partial charge in [-0.15, -0.1) is 0 Å². The van der Waals surface area contributed by atoms with Crippen molar-refractivity contribution >= 4 is 98.9 Å². The molecule has 0 fully saturated rings. The van der Waals surface area contributed by atoms with Crippen LogP contribution in [0.2, 0.25) is 0 Å². The molecule has 76 valence electrons. The fourth-order valence-corrected chi connectivity index (χ4v) is 0. The molecule has 0 bridgehead atoms. The average molecular weight is 352 g/mol. The zero-order valence-corrected chi connectivity index (χ0v) is 13.9. The average Bonchev–Trinajstić information content (AvgIpc) is 1.86. The van der Waals surface area contributed by atoms with Crippen molar-refractivity contribution in [2.75, 3.05) is 0 Å². The van der Waals surface area contributed by atoms with Crippen LogP contribution in [-0.2, 0) is 18.5 Å². The van der Waals surface area contributed by atoms with Crippen LogP contribution in [-0.4, -0.2) is 93.7 Å². The molecule has 0 heterocycles. The van der Waals surface area contributed by atoms with Gasteiger partial charge in [0.05, 0.1) is 15.6 Å². The van der Waals surface area contributed by atoms with Gasteiger partial charge in [-0.05, 0) is 0 Å². The molecule has 0 aromatic heterocycles. The van der Waals surface area contributed by atoms with Gasteiger partial charge in [-0.1, -0.05) is 0 Å². The van der Waals surface area contributed by atoms with E-state index in [1.165, 1.54) is 0 Å². The van der Waals surface area contributed by atoms with Gasteiger partial charge in [-0.25, -0.2) is 19.9 Å². The van der Waals surface area contributed by atoms with Crippen LogP contribution in [0.5, 0.6) is 0 Å². The molecule has 0 aromatic rings. The summed E-state index contributed by atoms with van der Waals surface area (Å²) < 4.78 is 22.8. The van der Waals surface area contributed by atoms with Crippen LogP contribution in [0, 0.1) is 0 Å². The Balaban J connectivity index is -0.0000000625. The summed E-state index contributed by atoms with van der Waals surface area (Å²) in [5.41, 5.74) is 0. The predicted molar refractivity (Wildman–Crippen MR) is 34.1 cm³/mol. The van der Waals surface area contributed by atoms with Gasteiger partial charge < -0.3 is 28.7 Å². The van der Waals surface area contributed by atoms with E-state index in [9.17, 15) is 0 Å². The van der Waals surface area contributed by atoms with E-state index in [-0.39, 0.29) is 83.2 Å². The molecule has 0 spiro atoms. The number of hydrogen-bond acceptors (Lipinski definition) is 10. The van der Waals surface area contributed by atoms with Crippen molar-refractivity contribution in [3.05, 3.63) is 0 Å². The molecule has 0 amide bonds. The number of rotatable bonds is 2. The third-order valence-corrected chi connectivity index (χ3v) is 0.600. The Morgan fingerprint density at radius 1 is 0.857 bits per heavy atom. The second kappa shape index (κ2) is 12.3. The molecular weight excluding hydrogens is 350 g/mol. The van der Waals surface area contributed by atoms with E-state index < -0.39 is 15.6 Å². The quantitative estimate of drug-likeness (QED) is 0.214. The third kappa shape index (κ3) is 36.4. The van der Waals surface area contributed by atoms with E-state index in [0.29, 0.717) is 0 Å². The van der Waals surface area contributed by atoms with Gasteiger partial charge in [-0.3, -0.25) is 0 Å². The van der Waals surface area contributed by atoms with Crippen molar-refractivity contribution in [3.63, 3.8) is 0 Å². The smallest absolute Gasteiger partial charge is 0.788 e. The molecule has 0 saturated heterocycles. The molecule has 0 aliphatic heterocycles. The van der Waals surface area contributed by atoms with E-state index in [2.05, 4.69) is 9.35 Å². The molecule has 2 N–H and O–H groups in total. The predicted octanol–water partition coefficient (Wildman–Crippen LogP) is -4.15. The Morgan fingerprint density at radius 3 is 0.929 bits per heavy atom. The van der Waals surface area contributed by atoms with Crippen LogP contribution in [0.25, 0.3) is 0 Å². The fraction of sp³-hybridized carbons (Fsp3) is 0. The second-order valence-electron chi connectivity index (χ2n) is 1.06. The van der Waals surface area contributed by atoms with E-state index in [1.54, 1.807) is 0 Å². The zero-order valence-electron chi connectivity index (χ0n) is 6.47. The molecule has 0 atom stereocenters. The Morgan fingerprint density at radius 2 is 0.929 bits per heavy atom. The molecule has 14 heavy (non-hydrogen) atoms. The molecule has 0 aromatic carbocycles. The first kappa shape index (κ1) is 25.7. The van der Waals surface area contributed by atoms with Crippen LogP contribution in [0.15, 0.2) is 0 Å². The molecule has 0 saturated carbocycles. The minimum atomic E-state index is -5.09. The maximum absolute atomic E-state index is 9.00. The minimum Gasteiger partial charge on any atom is -0.788 e. The maximum atomic E-state index is 9.00. The van der Waals surface area contributed by atoms with Gasteiger partial charge in [0, 0.05) is 0 Å². The summed E-state index contributed by atoms with van der Waals surface area (Å²) in [6.07, 6.45) is 0. The Kier molecular flexibility index (Phi) is 22.6. The van der Waals surface area contributed by atoms with Gasteiger partial charge in [0.15, 0.2) is 0 Å². The van der Waals surface area contributed by atoms with E-state index in [0.717, 1.165) is 0 Å². The van der Waals surface area contributed by atoms with Crippen LogP contribution in [0.1, 0.15) is 0 Å². The summed E-state index contributed by atoms with van der Waals surface area (Å²) in [6.45, 7) is 0. The molecule has 10 nitrogen and oxygen atoms in total. The largest absolute Gasteiger partial charge is 2.00 e. The fourth-order valence-electron chi connectivity index (χ4n) is 0. The Bertz CT molecular complexity index is 168. The van der Waals surface area contributed by atoms with Crippen molar-refractivity contribution in [2.45, 2.75) is 0 Å². The summed E-state index contributed by atoms with van der Waals surface area (Å²) in [7, 11) is -10.2. The summed E-state index contributed by atoms with van der Waals surface area (Å²) in [4.78, 5) is 36.0. The first-order valence-electron chi connectivity index (χ1n) is 1.83. The van der Waals surface area contributed by atoms with Crippen LogP contribution in [0.3, 0.4) is 0 Å². The van der Waals surface area contributed by atoms with Gasteiger partial charge in [0.2, 0.25) is 0 Å². The van der Waals surface area contributed by atoms with Crippen LogP contribution in [0.4, 0.5) is 0 Å². The van der Waals surface area contributed by atoms with Gasteiger partial charge in [0.25, 0.3) is 0 Å². The normalized spacial score (nSPS) is 10.1. The Hall–Kier alpha value is 2.88. The molecule has 0 aliphatic rings. The molecule has 0 radical (unpaired) electrons. The summed E-state index contributed by atoms with van der Waals surface area (Å²) in [5, 5.41) is 14.0. The SMILES string of the molecule is O=P([O-])([O-])OO.O=P([O-])([O-])OO.[Ca+2].[Sr+2]. The molecule has 14 heteroatoms. The van der Waals surface area contributed by atoms with Crippen molar-refractivity contribution in [1.82, 2.24) is 0 Å². The monoisotopic (exact) mass is 352 g/mol. The van der Waals surface area contributed by atoms with Crippen molar-refractivity contribution in [3.8, 4) is 0 Å². The summed E-state index contributed by atoms with van der Waals surface area (Å²) in [5.74, 6) is 0. The van der Waals surface area contributed by atoms with E-state index in [4.69, 9.17) is 39.2 Å². The zero-order chi connectivity index (χ0) is 10.4. The third-order valence-electron chi connectivity index (χ3n) is 0.200. The summed E-state index contributed by atoms with van der Waals surface area (Å²) in [6, 6.07) is 0. The molecule has 0 rings (SSSR count). The maximum Gasteiger partial charge on any atom is 2.00 e. The second-order valence-corrected chi connectivity index (χ2v) is 3.17. The van der Waals surface area contributed by atoms with Gasteiger partial charge in [-0.2, -0.15) is 0 Å². The minimum absolute atomic E-state index is 0. The van der Waals surface area contributed by atoms with E-state index >= 15 is 0 Å². The van der Waals surface area contributed by atoms with Gasteiger partial charge in [0.1, 0.15) is 0 Å². The topological polar surface area (TPSA) is 185 Å². The van der Waals surface area contributed by atoms with Crippen molar-refractivity contribution < 1.29 is 48.6 Å². The number of phosphoric acid groups is 2. The molecule has 0 aliphatic carbocycles. The summed E-state index contributed by atoms with van der Waals surface area (Å²) >= 11 is 0.